The molecule has 136 valence electrons. The molecule has 0 bridgehead atoms. The first kappa shape index (κ1) is 16.8. The Bertz CT molecular complexity index is 953. The van der Waals surface area contributed by atoms with Gasteiger partial charge in [-0.15, -0.1) is 0 Å². The molecule has 4 rings (SSSR count). The van der Waals surface area contributed by atoms with Crippen molar-refractivity contribution < 1.29 is 8.81 Å². The predicted octanol–water partition coefficient (Wildman–Crippen LogP) is 2.64. The first-order valence-electron chi connectivity index (χ1n) is 8.91. The summed E-state index contributed by atoms with van der Waals surface area (Å²) in [7, 11) is 1.72. The first-order chi connectivity index (χ1) is 12.6. The molecular weight excluding hydrogens is 333 g/mol. The number of fused-ring (bicyclic) bond motifs is 1. The molecular formula is C20H22FN3O2. The Balaban J connectivity index is 1.33. The van der Waals surface area contributed by atoms with Crippen LogP contribution in [-0.2, 0) is 13.5 Å². The quantitative estimate of drug-likeness (QED) is 0.722. The van der Waals surface area contributed by atoms with Crippen LogP contribution in [0.15, 0.2) is 51.7 Å². The van der Waals surface area contributed by atoms with Gasteiger partial charge in [0.05, 0.1) is 5.52 Å². The molecule has 6 heteroatoms. The summed E-state index contributed by atoms with van der Waals surface area (Å²) in [5.41, 5.74) is 3.73. The summed E-state index contributed by atoms with van der Waals surface area (Å²) in [6.45, 7) is 4.83. The highest BCUT2D eigenvalue weighted by atomic mass is 19.1. The van der Waals surface area contributed by atoms with E-state index in [0.29, 0.717) is 5.58 Å². The van der Waals surface area contributed by atoms with E-state index in [1.165, 1.54) is 22.3 Å². The van der Waals surface area contributed by atoms with Crippen molar-refractivity contribution in [3.05, 3.63) is 64.4 Å². The van der Waals surface area contributed by atoms with E-state index in [-0.39, 0.29) is 11.6 Å². The van der Waals surface area contributed by atoms with E-state index in [9.17, 15) is 9.18 Å². The smallest absolute Gasteiger partial charge is 0.408 e. The Morgan fingerprint density at radius 3 is 2.50 bits per heavy atom. The molecule has 0 aliphatic carbocycles. The number of rotatable bonds is 4. The lowest BCUT2D eigenvalue weighted by Gasteiger charge is -2.36. The highest BCUT2D eigenvalue weighted by Gasteiger charge is 2.17. The van der Waals surface area contributed by atoms with Crippen LogP contribution in [0.2, 0.25) is 0 Å². The number of hydrogen-bond acceptors (Lipinski definition) is 4. The van der Waals surface area contributed by atoms with Gasteiger partial charge in [-0.05, 0) is 48.4 Å². The molecule has 0 amide bonds. The van der Waals surface area contributed by atoms with Gasteiger partial charge in [0.2, 0.25) is 0 Å². The minimum atomic E-state index is -0.325. The lowest BCUT2D eigenvalue weighted by atomic mass is 10.1. The van der Waals surface area contributed by atoms with E-state index in [4.69, 9.17) is 4.42 Å². The number of piperazine rings is 1. The molecule has 0 atom stereocenters. The molecule has 0 unspecified atom stereocenters. The van der Waals surface area contributed by atoms with Crippen LogP contribution in [0.5, 0.6) is 0 Å². The molecule has 0 spiro atoms. The summed E-state index contributed by atoms with van der Waals surface area (Å²) in [6.07, 6.45) is 0.922. The average molecular weight is 355 g/mol. The molecule has 0 N–H and O–H groups in total. The molecule has 0 saturated carbocycles. The predicted molar refractivity (Wildman–Crippen MR) is 100 cm³/mol. The van der Waals surface area contributed by atoms with Gasteiger partial charge in [-0.3, -0.25) is 9.47 Å². The Morgan fingerprint density at radius 2 is 1.77 bits per heavy atom. The number of hydrogen-bond donors (Lipinski definition) is 0. The van der Waals surface area contributed by atoms with Crippen LogP contribution < -0.4 is 10.7 Å². The van der Waals surface area contributed by atoms with Crippen LogP contribution in [0.1, 0.15) is 5.56 Å². The van der Waals surface area contributed by atoms with Gasteiger partial charge in [-0.2, -0.15) is 0 Å². The van der Waals surface area contributed by atoms with E-state index in [1.54, 1.807) is 7.05 Å². The molecule has 1 aliphatic heterocycles. The molecule has 1 fully saturated rings. The lowest BCUT2D eigenvalue weighted by molar-refractivity contribution is 0.261. The fourth-order valence-corrected chi connectivity index (χ4v) is 3.50. The number of benzene rings is 2. The van der Waals surface area contributed by atoms with Gasteiger partial charge in [0.1, 0.15) is 5.82 Å². The second-order valence-electron chi connectivity index (χ2n) is 6.78. The van der Waals surface area contributed by atoms with E-state index < -0.39 is 0 Å². The number of anilines is 1. The molecule has 1 aliphatic rings. The molecule has 2 heterocycles. The monoisotopic (exact) mass is 355 g/mol. The van der Waals surface area contributed by atoms with E-state index >= 15 is 0 Å². The Kier molecular flexibility index (Phi) is 4.51. The summed E-state index contributed by atoms with van der Waals surface area (Å²) < 4.78 is 19.8. The molecule has 1 aromatic heterocycles. The van der Waals surface area contributed by atoms with Crippen LogP contribution in [0, 0.1) is 5.82 Å². The number of aromatic nitrogens is 1. The molecule has 3 aromatic rings. The average Bonchev–Trinajstić information content (AvgIpc) is 2.95. The summed E-state index contributed by atoms with van der Waals surface area (Å²) in [6, 6.07) is 12.7. The Morgan fingerprint density at radius 1 is 1.04 bits per heavy atom. The van der Waals surface area contributed by atoms with Crippen molar-refractivity contribution >= 4 is 16.8 Å². The van der Waals surface area contributed by atoms with Gasteiger partial charge in [0.25, 0.3) is 0 Å². The van der Waals surface area contributed by atoms with Crippen molar-refractivity contribution in [1.29, 1.82) is 0 Å². The fourth-order valence-electron chi connectivity index (χ4n) is 3.50. The maximum absolute atomic E-state index is 13.0. The lowest BCUT2D eigenvalue weighted by Crippen LogP contribution is -2.47. The zero-order valence-corrected chi connectivity index (χ0v) is 14.8. The molecule has 2 aromatic carbocycles. The highest BCUT2D eigenvalue weighted by molar-refractivity contribution is 5.73. The number of halogens is 1. The largest absolute Gasteiger partial charge is 0.419 e. The van der Waals surface area contributed by atoms with Gasteiger partial charge >= 0.3 is 5.76 Å². The fraction of sp³-hybridized carbons (Fsp3) is 0.350. The number of nitrogens with zero attached hydrogens (tertiary/aromatic N) is 3. The zero-order valence-electron chi connectivity index (χ0n) is 14.8. The van der Waals surface area contributed by atoms with Crippen LogP contribution in [0.4, 0.5) is 10.1 Å². The minimum absolute atomic E-state index is 0.196. The normalized spacial score (nSPS) is 15.7. The molecule has 0 radical (unpaired) electrons. The van der Waals surface area contributed by atoms with Gasteiger partial charge in [0, 0.05) is 45.5 Å². The molecule has 26 heavy (non-hydrogen) atoms. The van der Waals surface area contributed by atoms with E-state index in [1.807, 2.05) is 24.3 Å². The van der Waals surface area contributed by atoms with Crippen molar-refractivity contribution in [2.45, 2.75) is 6.42 Å². The Labute approximate surface area is 151 Å². The Hall–Kier alpha value is -2.60. The highest BCUT2D eigenvalue weighted by Crippen LogP contribution is 2.18. The summed E-state index contributed by atoms with van der Waals surface area (Å²) >= 11 is 0. The van der Waals surface area contributed by atoms with Crippen LogP contribution in [-0.4, -0.2) is 42.2 Å². The minimum Gasteiger partial charge on any atom is -0.408 e. The summed E-state index contributed by atoms with van der Waals surface area (Å²) in [4.78, 5) is 16.3. The van der Waals surface area contributed by atoms with Gasteiger partial charge < -0.3 is 9.32 Å². The van der Waals surface area contributed by atoms with Crippen molar-refractivity contribution in [3.8, 4) is 0 Å². The van der Waals surface area contributed by atoms with Crippen molar-refractivity contribution in [2.24, 2.45) is 7.05 Å². The van der Waals surface area contributed by atoms with Gasteiger partial charge in [0.15, 0.2) is 5.58 Å². The van der Waals surface area contributed by atoms with E-state index in [2.05, 4.69) is 15.9 Å². The zero-order chi connectivity index (χ0) is 18.1. The van der Waals surface area contributed by atoms with Gasteiger partial charge in [-0.1, -0.05) is 6.07 Å². The second-order valence-corrected chi connectivity index (χ2v) is 6.78. The number of aryl methyl sites for hydroxylation is 1. The van der Waals surface area contributed by atoms with Crippen molar-refractivity contribution in [1.82, 2.24) is 9.47 Å². The number of oxazole rings is 1. The third kappa shape index (κ3) is 3.37. The van der Waals surface area contributed by atoms with Crippen molar-refractivity contribution in [2.75, 3.05) is 37.6 Å². The standard InChI is InChI=1S/C20H22FN3O2/c1-22-18-7-2-15(14-19(18)26-20(22)25)8-9-23-10-12-24(13-11-23)17-5-3-16(21)4-6-17/h2-7,14H,8-13H2,1H3. The topological polar surface area (TPSA) is 41.6 Å². The van der Waals surface area contributed by atoms with Gasteiger partial charge in [-0.25, -0.2) is 9.18 Å². The maximum Gasteiger partial charge on any atom is 0.419 e. The molecule has 5 nitrogen and oxygen atoms in total. The van der Waals surface area contributed by atoms with Crippen LogP contribution >= 0.6 is 0 Å². The van der Waals surface area contributed by atoms with Crippen LogP contribution in [0.3, 0.4) is 0 Å². The third-order valence-corrected chi connectivity index (χ3v) is 5.14. The molecule has 1 saturated heterocycles. The first-order valence-corrected chi connectivity index (χ1v) is 8.91. The third-order valence-electron chi connectivity index (χ3n) is 5.14. The van der Waals surface area contributed by atoms with Crippen molar-refractivity contribution in [3.63, 3.8) is 0 Å². The maximum atomic E-state index is 13.0. The SMILES string of the molecule is Cn1c(=O)oc2cc(CCN3CCN(c4ccc(F)cc4)CC3)ccc21. The summed E-state index contributed by atoms with van der Waals surface area (Å²) in [5.74, 6) is -0.521. The van der Waals surface area contributed by atoms with E-state index in [0.717, 1.165) is 50.3 Å². The van der Waals surface area contributed by atoms with Crippen LogP contribution in [0.25, 0.3) is 11.1 Å². The second kappa shape index (κ2) is 6.96. The summed E-state index contributed by atoms with van der Waals surface area (Å²) in [5, 5.41) is 0.